The highest BCUT2D eigenvalue weighted by molar-refractivity contribution is 9.10. The summed E-state index contributed by atoms with van der Waals surface area (Å²) < 4.78 is 0. The molecule has 0 amide bonds. The Kier molecular flexibility index (Phi) is 2.91. The molecule has 0 radical (unpaired) electrons. The number of nitro groups is 1. The minimum Gasteiger partial charge on any atom is -0.298 e. The van der Waals surface area contributed by atoms with Crippen LogP contribution >= 0.6 is 15.9 Å². The molecule has 2 saturated carbocycles. The minimum atomic E-state index is -0.392. The van der Waals surface area contributed by atoms with Crippen LogP contribution in [0.1, 0.15) is 39.2 Å². The SMILES string of the molecule is CC1(C)[C@]2(c3ccc([N+](=O)[O-])cc3)CC[C@]1(C)C(=O)[C@@H]2Br. The fourth-order valence-electron chi connectivity index (χ4n) is 4.47. The topological polar surface area (TPSA) is 60.2 Å². The lowest BCUT2D eigenvalue weighted by Gasteiger charge is -2.41. The number of nitrogens with zero attached hydrogens (tertiary/aromatic N) is 1. The van der Waals surface area contributed by atoms with Gasteiger partial charge in [-0.15, -0.1) is 0 Å². The van der Waals surface area contributed by atoms with E-state index in [0.29, 0.717) is 0 Å². The number of rotatable bonds is 2. The van der Waals surface area contributed by atoms with Crippen LogP contribution in [0.4, 0.5) is 5.69 Å². The maximum Gasteiger partial charge on any atom is 0.269 e. The molecule has 5 heteroatoms. The van der Waals surface area contributed by atoms with E-state index in [2.05, 4.69) is 36.7 Å². The van der Waals surface area contributed by atoms with Crippen LogP contribution in [0.15, 0.2) is 24.3 Å². The molecule has 0 N–H and O–H groups in total. The molecule has 112 valence electrons. The number of hydrogen-bond acceptors (Lipinski definition) is 3. The molecule has 4 nitrogen and oxygen atoms in total. The molecule has 0 unspecified atom stereocenters. The fraction of sp³-hybridized carbons (Fsp3) is 0.562. The number of alkyl halides is 1. The van der Waals surface area contributed by atoms with Crippen LogP contribution in [-0.2, 0) is 10.2 Å². The molecule has 0 spiro atoms. The first kappa shape index (κ1) is 14.7. The summed E-state index contributed by atoms with van der Waals surface area (Å²) >= 11 is 3.63. The standard InChI is InChI=1S/C16H18BrNO3/c1-14(2)15(3)8-9-16(14,12(17)13(15)19)10-4-6-11(7-5-10)18(20)21/h4-7,12H,8-9H2,1-3H3/t12-,15+,16-/m0/s1. The Labute approximate surface area is 132 Å². The van der Waals surface area contributed by atoms with E-state index in [1.807, 2.05) is 12.1 Å². The molecule has 0 saturated heterocycles. The number of halogens is 1. The molecule has 0 aliphatic heterocycles. The van der Waals surface area contributed by atoms with Gasteiger partial charge in [-0.2, -0.15) is 0 Å². The van der Waals surface area contributed by atoms with Crippen LogP contribution in [0.25, 0.3) is 0 Å². The van der Waals surface area contributed by atoms with Crippen molar-refractivity contribution < 1.29 is 9.72 Å². The van der Waals surface area contributed by atoms with Crippen molar-refractivity contribution in [1.82, 2.24) is 0 Å². The lowest BCUT2D eigenvalue weighted by atomic mass is 9.62. The Bertz CT molecular complexity index is 639. The second-order valence-corrected chi connectivity index (χ2v) is 7.87. The van der Waals surface area contributed by atoms with Gasteiger partial charge in [0.1, 0.15) is 0 Å². The summed E-state index contributed by atoms with van der Waals surface area (Å²) in [4.78, 5) is 22.9. The number of benzene rings is 1. The number of nitro benzene ring substituents is 1. The zero-order valence-electron chi connectivity index (χ0n) is 12.4. The van der Waals surface area contributed by atoms with Crippen LogP contribution in [0, 0.1) is 20.9 Å². The van der Waals surface area contributed by atoms with Gasteiger partial charge in [0, 0.05) is 23.0 Å². The van der Waals surface area contributed by atoms with Crippen molar-refractivity contribution in [2.24, 2.45) is 10.8 Å². The summed E-state index contributed by atoms with van der Waals surface area (Å²) in [6.45, 7) is 6.37. The molecule has 0 heterocycles. The van der Waals surface area contributed by atoms with Crippen LogP contribution in [0.3, 0.4) is 0 Å². The number of carbonyl (C=O) groups excluding carboxylic acids is 1. The number of carbonyl (C=O) groups is 1. The lowest BCUT2D eigenvalue weighted by molar-refractivity contribution is -0.384. The van der Waals surface area contributed by atoms with Crippen molar-refractivity contribution in [3.63, 3.8) is 0 Å². The van der Waals surface area contributed by atoms with Gasteiger partial charge in [-0.1, -0.05) is 48.8 Å². The summed E-state index contributed by atoms with van der Waals surface area (Å²) in [6, 6.07) is 6.72. The zero-order chi connectivity index (χ0) is 15.6. The molecule has 2 aliphatic carbocycles. The van der Waals surface area contributed by atoms with E-state index in [-0.39, 0.29) is 32.5 Å². The van der Waals surface area contributed by atoms with Crippen LogP contribution in [-0.4, -0.2) is 15.5 Å². The van der Waals surface area contributed by atoms with Crippen molar-refractivity contribution in [3.8, 4) is 0 Å². The van der Waals surface area contributed by atoms with E-state index in [4.69, 9.17) is 0 Å². The average Bonchev–Trinajstić information content (AvgIpc) is 2.71. The highest BCUT2D eigenvalue weighted by Gasteiger charge is 2.74. The Hall–Kier alpha value is -1.23. The molecule has 3 rings (SSSR count). The molecule has 0 aromatic heterocycles. The Morgan fingerprint density at radius 2 is 1.76 bits per heavy atom. The third-order valence-electron chi connectivity index (χ3n) is 6.31. The largest absolute Gasteiger partial charge is 0.298 e. The summed E-state index contributed by atoms with van der Waals surface area (Å²) in [5, 5.41) is 10.8. The van der Waals surface area contributed by atoms with Crippen LogP contribution in [0.2, 0.25) is 0 Å². The van der Waals surface area contributed by atoms with Crippen molar-refractivity contribution in [1.29, 1.82) is 0 Å². The smallest absolute Gasteiger partial charge is 0.269 e. The van der Waals surface area contributed by atoms with Crippen molar-refractivity contribution in [2.75, 3.05) is 0 Å². The normalized spacial score (nSPS) is 37.0. The summed E-state index contributed by atoms with van der Waals surface area (Å²) in [5.74, 6) is 0.261. The molecule has 3 atom stereocenters. The highest BCUT2D eigenvalue weighted by atomic mass is 79.9. The van der Waals surface area contributed by atoms with Crippen molar-refractivity contribution in [3.05, 3.63) is 39.9 Å². The van der Waals surface area contributed by atoms with Gasteiger partial charge in [-0.3, -0.25) is 14.9 Å². The third-order valence-corrected chi connectivity index (χ3v) is 7.51. The maximum atomic E-state index is 12.7. The predicted molar refractivity (Wildman–Crippen MR) is 83.6 cm³/mol. The van der Waals surface area contributed by atoms with Gasteiger partial charge in [0.15, 0.2) is 5.78 Å². The lowest BCUT2D eigenvalue weighted by Crippen LogP contribution is -2.41. The van der Waals surface area contributed by atoms with Crippen LogP contribution in [0.5, 0.6) is 0 Å². The van der Waals surface area contributed by atoms with Crippen molar-refractivity contribution >= 4 is 27.4 Å². The predicted octanol–water partition coefficient (Wildman–Crippen LogP) is 4.01. The molecular formula is C16H18BrNO3. The minimum absolute atomic E-state index is 0.0872. The third kappa shape index (κ3) is 1.48. The van der Waals surface area contributed by atoms with Gasteiger partial charge < -0.3 is 0 Å². The van der Waals surface area contributed by atoms with Gasteiger partial charge >= 0.3 is 0 Å². The van der Waals surface area contributed by atoms with E-state index < -0.39 is 4.92 Å². The Balaban J connectivity index is 2.16. The van der Waals surface area contributed by atoms with E-state index >= 15 is 0 Å². The Morgan fingerprint density at radius 1 is 1.19 bits per heavy atom. The highest BCUT2D eigenvalue weighted by Crippen LogP contribution is 2.72. The fourth-order valence-corrected chi connectivity index (χ4v) is 6.05. The van der Waals surface area contributed by atoms with Gasteiger partial charge in [0.2, 0.25) is 0 Å². The van der Waals surface area contributed by atoms with Crippen molar-refractivity contribution in [2.45, 2.75) is 43.9 Å². The van der Waals surface area contributed by atoms with Gasteiger partial charge in [-0.25, -0.2) is 0 Å². The molecule has 2 aliphatic rings. The second-order valence-electron chi connectivity index (χ2n) is 6.96. The quantitative estimate of drug-likeness (QED) is 0.459. The molecular weight excluding hydrogens is 334 g/mol. The molecule has 1 aromatic carbocycles. The number of non-ortho nitro benzene ring substituents is 1. The number of hydrogen-bond donors (Lipinski definition) is 0. The molecule has 1 aromatic rings. The van der Waals surface area contributed by atoms with E-state index in [9.17, 15) is 14.9 Å². The first-order chi connectivity index (χ1) is 9.68. The number of ketones is 1. The number of Topliss-reactive ketones (excluding diaryl/α,β-unsaturated/α-hetero) is 1. The van der Waals surface area contributed by atoms with E-state index in [1.165, 1.54) is 0 Å². The van der Waals surface area contributed by atoms with E-state index in [0.717, 1.165) is 18.4 Å². The average molecular weight is 352 g/mol. The zero-order valence-corrected chi connectivity index (χ0v) is 13.9. The molecule has 2 bridgehead atoms. The monoisotopic (exact) mass is 351 g/mol. The van der Waals surface area contributed by atoms with E-state index in [1.54, 1.807) is 12.1 Å². The van der Waals surface area contributed by atoms with Gasteiger partial charge in [-0.05, 0) is 23.8 Å². The maximum absolute atomic E-state index is 12.7. The first-order valence-electron chi connectivity index (χ1n) is 7.12. The van der Waals surface area contributed by atoms with Gasteiger partial charge in [0.05, 0.1) is 9.75 Å². The molecule has 21 heavy (non-hydrogen) atoms. The summed E-state index contributed by atoms with van der Waals surface area (Å²) in [6.07, 6.45) is 1.80. The summed E-state index contributed by atoms with van der Waals surface area (Å²) in [7, 11) is 0. The number of fused-ring (bicyclic) bond motifs is 2. The van der Waals surface area contributed by atoms with Gasteiger partial charge in [0.25, 0.3) is 5.69 Å². The first-order valence-corrected chi connectivity index (χ1v) is 8.03. The Morgan fingerprint density at radius 3 is 2.19 bits per heavy atom. The molecule has 2 fully saturated rings. The van der Waals surface area contributed by atoms with Crippen LogP contribution < -0.4 is 0 Å². The summed E-state index contributed by atoms with van der Waals surface area (Å²) in [5.41, 5.74) is 0.317. The second kappa shape index (κ2) is 4.15.